The Balaban J connectivity index is 0. The molecule has 0 heterocycles. The van der Waals surface area contributed by atoms with Crippen LogP contribution >= 0.6 is 0 Å². The fourth-order valence-corrected chi connectivity index (χ4v) is 0.948. The molecule has 0 aromatic heterocycles. The first kappa shape index (κ1) is 13.1. The van der Waals surface area contributed by atoms with Crippen molar-refractivity contribution < 1.29 is 36.9 Å². The summed E-state index contributed by atoms with van der Waals surface area (Å²) >= 11 is 0. The average Bonchev–Trinajstić information content (AvgIpc) is 1.63. The Morgan fingerprint density at radius 3 is 2.10 bits per heavy atom. The van der Waals surface area contributed by atoms with Gasteiger partial charge in [0.15, 0.2) is 0 Å². The maximum Gasteiger partial charge on any atom is 1.00 e. The van der Waals surface area contributed by atoms with Crippen molar-refractivity contribution in [3.05, 3.63) is 0 Å². The Kier molecular flexibility index (Phi) is 8.11. The monoisotopic (exact) mass is 160 g/mol. The summed E-state index contributed by atoms with van der Waals surface area (Å²) in [5.41, 5.74) is 0. The van der Waals surface area contributed by atoms with Crippen LogP contribution in [-0.4, -0.2) is 30.4 Å². The van der Waals surface area contributed by atoms with Crippen molar-refractivity contribution in [2.24, 2.45) is 0 Å². The topological polar surface area (TPSA) is 77.4 Å². The number of aliphatic hydroxyl groups excluding tert-OH is 1. The number of hydrogen-bond donors (Lipinski definition) is 1. The number of unbranched alkanes of at least 4 members (excludes halogenated alkanes) is 1. The SMILES string of the molecule is O=S(=O)([O-])CCCCO.[Li+]. The van der Waals surface area contributed by atoms with Gasteiger partial charge in [0, 0.05) is 12.4 Å². The molecule has 4 nitrogen and oxygen atoms in total. The van der Waals surface area contributed by atoms with E-state index in [-0.39, 0.29) is 37.6 Å². The summed E-state index contributed by atoms with van der Waals surface area (Å²) in [6, 6.07) is 0. The van der Waals surface area contributed by atoms with Crippen LogP contribution < -0.4 is 18.9 Å². The van der Waals surface area contributed by atoms with Crippen LogP contribution in [0.2, 0.25) is 0 Å². The molecule has 0 aromatic carbocycles. The Morgan fingerprint density at radius 1 is 1.30 bits per heavy atom. The van der Waals surface area contributed by atoms with Gasteiger partial charge < -0.3 is 9.66 Å². The second-order valence-corrected chi connectivity index (χ2v) is 3.22. The van der Waals surface area contributed by atoms with E-state index in [1.807, 2.05) is 0 Å². The molecule has 0 atom stereocenters. The standard InChI is InChI=1S/C4H10O4S.Li/c5-3-1-2-4-9(6,7)8;/h5H,1-4H2,(H,6,7,8);/q;+1/p-1. The van der Waals surface area contributed by atoms with Gasteiger partial charge in [-0.05, 0) is 12.8 Å². The minimum Gasteiger partial charge on any atom is -0.748 e. The van der Waals surface area contributed by atoms with Gasteiger partial charge in [0.2, 0.25) is 0 Å². The third kappa shape index (κ3) is 11.3. The fourth-order valence-electron chi connectivity index (χ4n) is 0.391. The minimum absolute atomic E-state index is 0. The number of aliphatic hydroxyl groups is 1. The van der Waals surface area contributed by atoms with Gasteiger partial charge in [-0.15, -0.1) is 0 Å². The van der Waals surface area contributed by atoms with Gasteiger partial charge in [0.25, 0.3) is 0 Å². The second-order valence-electron chi connectivity index (χ2n) is 1.69. The molecule has 6 heteroatoms. The zero-order valence-electron chi connectivity index (χ0n) is 5.91. The average molecular weight is 160 g/mol. The van der Waals surface area contributed by atoms with Gasteiger partial charge in [0.05, 0.1) is 10.1 Å². The molecular weight excluding hydrogens is 151 g/mol. The molecule has 0 aliphatic heterocycles. The molecule has 0 bridgehead atoms. The van der Waals surface area contributed by atoms with Crippen LogP contribution in [0.1, 0.15) is 12.8 Å². The van der Waals surface area contributed by atoms with Crippen LogP contribution in [0.3, 0.4) is 0 Å². The molecular formula is C4H9LiO4S. The van der Waals surface area contributed by atoms with E-state index >= 15 is 0 Å². The zero-order valence-corrected chi connectivity index (χ0v) is 6.73. The Hall–Kier alpha value is 0.467. The molecule has 0 fully saturated rings. The summed E-state index contributed by atoms with van der Waals surface area (Å²) in [7, 11) is -4.06. The van der Waals surface area contributed by atoms with Crippen molar-refractivity contribution in [3.8, 4) is 0 Å². The summed E-state index contributed by atoms with van der Waals surface area (Å²) in [5.74, 6) is -0.367. The second kappa shape index (κ2) is 6.20. The van der Waals surface area contributed by atoms with Gasteiger partial charge in [0.1, 0.15) is 0 Å². The maximum absolute atomic E-state index is 9.87. The van der Waals surface area contributed by atoms with Gasteiger partial charge in [-0.3, -0.25) is 0 Å². The molecule has 0 aliphatic rings. The molecule has 0 aliphatic carbocycles. The summed E-state index contributed by atoms with van der Waals surface area (Å²) in [4.78, 5) is 0. The Labute approximate surface area is 72.6 Å². The first-order valence-corrected chi connectivity index (χ1v) is 4.18. The fraction of sp³-hybridized carbons (Fsp3) is 1.00. The Bertz CT molecular complexity index is 153. The minimum atomic E-state index is -4.06. The third-order valence-corrected chi connectivity index (χ3v) is 1.59. The van der Waals surface area contributed by atoms with Crippen LogP contribution in [0.4, 0.5) is 0 Å². The van der Waals surface area contributed by atoms with Crippen molar-refractivity contribution in [1.29, 1.82) is 0 Å². The van der Waals surface area contributed by atoms with Crippen molar-refractivity contribution in [2.75, 3.05) is 12.4 Å². The van der Waals surface area contributed by atoms with Gasteiger partial charge in [-0.25, -0.2) is 8.42 Å². The van der Waals surface area contributed by atoms with E-state index in [9.17, 15) is 13.0 Å². The predicted molar refractivity (Wildman–Crippen MR) is 30.9 cm³/mol. The van der Waals surface area contributed by atoms with E-state index in [1.165, 1.54) is 0 Å². The van der Waals surface area contributed by atoms with Crippen molar-refractivity contribution in [2.45, 2.75) is 12.8 Å². The summed E-state index contributed by atoms with van der Waals surface area (Å²) in [5, 5.41) is 8.17. The first-order chi connectivity index (χ1) is 4.06. The molecule has 0 rings (SSSR count). The summed E-state index contributed by atoms with van der Waals surface area (Å²) in [6.07, 6.45) is 0.629. The third-order valence-electron chi connectivity index (χ3n) is 0.802. The van der Waals surface area contributed by atoms with Gasteiger partial charge >= 0.3 is 18.9 Å². The zero-order chi connectivity index (χ0) is 7.33. The van der Waals surface area contributed by atoms with Crippen molar-refractivity contribution >= 4 is 10.1 Å². The molecule has 0 amide bonds. The first-order valence-electron chi connectivity index (χ1n) is 2.60. The predicted octanol–water partition coefficient (Wildman–Crippen LogP) is -3.69. The van der Waals surface area contributed by atoms with Crippen LogP contribution in [0.5, 0.6) is 0 Å². The van der Waals surface area contributed by atoms with E-state index in [4.69, 9.17) is 5.11 Å². The van der Waals surface area contributed by atoms with Crippen molar-refractivity contribution in [3.63, 3.8) is 0 Å². The van der Waals surface area contributed by atoms with Crippen LogP contribution in [0.15, 0.2) is 0 Å². The molecule has 0 aromatic rings. The molecule has 0 saturated carbocycles. The summed E-state index contributed by atoms with van der Waals surface area (Å²) in [6.45, 7) is -0.0600. The summed E-state index contributed by atoms with van der Waals surface area (Å²) < 4.78 is 29.6. The van der Waals surface area contributed by atoms with Gasteiger partial charge in [-0.2, -0.15) is 0 Å². The van der Waals surface area contributed by atoms with E-state index in [1.54, 1.807) is 0 Å². The molecule has 0 saturated heterocycles. The number of hydrogen-bond acceptors (Lipinski definition) is 4. The largest absolute Gasteiger partial charge is 1.00 e. The molecule has 0 unspecified atom stereocenters. The molecule has 1 N–H and O–H groups in total. The Morgan fingerprint density at radius 2 is 1.80 bits per heavy atom. The van der Waals surface area contributed by atoms with Crippen LogP contribution in [-0.2, 0) is 10.1 Å². The maximum atomic E-state index is 9.87. The van der Waals surface area contributed by atoms with Gasteiger partial charge in [-0.1, -0.05) is 0 Å². The number of rotatable bonds is 4. The molecule has 0 radical (unpaired) electrons. The molecule has 56 valence electrons. The van der Waals surface area contributed by atoms with Crippen LogP contribution in [0.25, 0.3) is 0 Å². The quantitative estimate of drug-likeness (QED) is 0.261. The van der Waals surface area contributed by atoms with E-state index < -0.39 is 10.1 Å². The normalized spacial score (nSPS) is 10.6. The van der Waals surface area contributed by atoms with E-state index in [0.29, 0.717) is 6.42 Å². The van der Waals surface area contributed by atoms with E-state index in [0.717, 1.165) is 0 Å². The van der Waals surface area contributed by atoms with E-state index in [2.05, 4.69) is 0 Å². The molecule has 0 spiro atoms. The van der Waals surface area contributed by atoms with Crippen molar-refractivity contribution in [1.82, 2.24) is 0 Å². The van der Waals surface area contributed by atoms with Crippen LogP contribution in [0, 0.1) is 0 Å². The molecule has 10 heavy (non-hydrogen) atoms. The smallest absolute Gasteiger partial charge is 0.748 e.